The Morgan fingerprint density at radius 3 is 2.30 bits per heavy atom. The first-order chi connectivity index (χ1) is 12.9. The quantitative estimate of drug-likeness (QED) is 0.645. The minimum atomic E-state index is -3.90. The largest absolute Gasteiger partial charge is 0.493 e. The van der Waals surface area contributed by atoms with Crippen LogP contribution in [0.1, 0.15) is 0 Å². The fourth-order valence-corrected chi connectivity index (χ4v) is 4.62. The average molecular weight is 409 g/mol. The van der Waals surface area contributed by atoms with Gasteiger partial charge in [-0.25, -0.2) is 8.42 Å². The van der Waals surface area contributed by atoms with Gasteiger partial charge >= 0.3 is 0 Å². The van der Waals surface area contributed by atoms with E-state index in [0.29, 0.717) is 22.9 Å². The predicted octanol–water partition coefficient (Wildman–Crippen LogP) is 2.98. The minimum Gasteiger partial charge on any atom is -0.493 e. The number of methoxy groups -OCH3 is 3. The zero-order chi connectivity index (χ0) is 19.6. The van der Waals surface area contributed by atoms with Crippen molar-refractivity contribution < 1.29 is 22.6 Å². The third-order valence-electron chi connectivity index (χ3n) is 3.76. The van der Waals surface area contributed by atoms with Crippen molar-refractivity contribution in [1.29, 1.82) is 0 Å². The standard InChI is InChI=1S/C17H19N3O5S2/c1-20-10-15(16(18-20)14-6-5-7-26-14)27(21,22)19-11-8-12(23-2)17(25-4)13(9-11)24-3/h5-10,19H,1-4H3. The van der Waals surface area contributed by atoms with Gasteiger partial charge in [0.15, 0.2) is 11.5 Å². The Kier molecular flexibility index (Phi) is 5.29. The molecule has 10 heteroatoms. The van der Waals surface area contributed by atoms with Crippen LogP contribution in [0.4, 0.5) is 5.69 Å². The SMILES string of the molecule is COc1cc(NS(=O)(=O)c2cn(C)nc2-c2cccs2)cc(OC)c1OC. The molecule has 0 saturated heterocycles. The molecular weight excluding hydrogens is 390 g/mol. The number of ether oxygens (including phenoxy) is 3. The maximum atomic E-state index is 13.0. The molecule has 0 atom stereocenters. The van der Waals surface area contributed by atoms with E-state index in [1.54, 1.807) is 7.05 Å². The molecule has 144 valence electrons. The van der Waals surface area contributed by atoms with E-state index in [2.05, 4.69) is 9.82 Å². The highest BCUT2D eigenvalue weighted by Gasteiger charge is 2.25. The number of anilines is 1. The number of hydrogen-bond acceptors (Lipinski definition) is 7. The third kappa shape index (κ3) is 3.71. The van der Waals surface area contributed by atoms with Crippen LogP contribution in [-0.2, 0) is 17.1 Å². The zero-order valence-electron chi connectivity index (χ0n) is 15.2. The third-order valence-corrected chi connectivity index (χ3v) is 6.02. The van der Waals surface area contributed by atoms with Gasteiger partial charge in [0.25, 0.3) is 10.0 Å². The minimum absolute atomic E-state index is 0.0844. The molecule has 2 aromatic heterocycles. The van der Waals surface area contributed by atoms with Crippen LogP contribution in [0.3, 0.4) is 0 Å². The van der Waals surface area contributed by atoms with Crippen molar-refractivity contribution in [1.82, 2.24) is 9.78 Å². The van der Waals surface area contributed by atoms with Gasteiger partial charge in [-0.2, -0.15) is 5.10 Å². The topological polar surface area (TPSA) is 91.7 Å². The molecule has 0 bridgehead atoms. The molecule has 0 aliphatic rings. The van der Waals surface area contributed by atoms with Gasteiger partial charge < -0.3 is 14.2 Å². The number of rotatable bonds is 7. The van der Waals surface area contributed by atoms with Crippen molar-refractivity contribution in [2.75, 3.05) is 26.1 Å². The smallest absolute Gasteiger partial charge is 0.265 e. The van der Waals surface area contributed by atoms with Gasteiger partial charge in [-0.15, -0.1) is 11.3 Å². The summed E-state index contributed by atoms with van der Waals surface area (Å²) in [5, 5.41) is 6.16. The molecule has 8 nitrogen and oxygen atoms in total. The lowest BCUT2D eigenvalue weighted by atomic mass is 10.2. The van der Waals surface area contributed by atoms with Crippen LogP contribution in [0.25, 0.3) is 10.6 Å². The maximum Gasteiger partial charge on any atom is 0.265 e. The molecular formula is C17H19N3O5S2. The van der Waals surface area contributed by atoms with Crippen LogP contribution in [0.15, 0.2) is 40.7 Å². The first kappa shape index (κ1) is 19.1. The van der Waals surface area contributed by atoms with Crippen LogP contribution in [0.5, 0.6) is 17.2 Å². The van der Waals surface area contributed by atoms with Crippen molar-refractivity contribution >= 4 is 27.0 Å². The molecule has 2 heterocycles. The zero-order valence-corrected chi connectivity index (χ0v) is 16.8. The van der Waals surface area contributed by atoms with Crippen LogP contribution in [-0.4, -0.2) is 39.5 Å². The number of benzene rings is 1. The predicted molar refractivity (Wildman–Crippen MR) is 103 cm³/mol. The Morgan fingerprint density at radius 1 is 1.11 bits per heavy atom. The van der Waals surface area contributed by atoms with E-state index >= 15 is 0 Å². The lowest BCUT2D eigenvalue weighted by Crippen LogP contribution is -2.13. The van der Waals surface area contributed by atoms with Gasteiger partial charge in [0.05, 0.1) is 31.9 Å². The first-order valence-electron chi connectivity index (χ1n) is 7.80. The highest BCUT2D eigenvalue weighted by Crippen LogP contribution is 2.40. The molecule has 27 heavy (non-hydrogen) atoms. The fraction of sp³-hybridized carbons (Fsp3) is 0.235. The molecule has 1 aromatic carbocycles. The second-order valence-electron chi connectivity index (χ2n) is 5.51. The van der Waals surface area contributed by atoms with Crippen molar-refractivity contribution in [2.45, 2.75) is 4.90 Å². The molecule has 0 saturated carbocycles. The summed E-state index contributed by atoms with van der Waals surface area (Å²) in [7, 11) is 2.19. The van der Waals surface area contributed by atoms with E-state index in [0.717, 1.165) is 4.88 Å². The summed E-state index contributed by atoms with van der Waals surface area (Å²) in [4.78, 5) is 0.849. The summed E-state index contributed by atoms with van der Waals surface area (Å²) in [6, 6.07) is 6.73. The number of hydrogen-bond donors (Lipinski definition) is 1. The Morgan fingerprint density at radius 2 is 1.78 bits per heavy atom. The molecule has 0 amide bonds. The number of nitrogens with zero attached hydrogens (tertiary/aromatic N) is 2. The highest BCUT2D eigenvalue weighted by molar-refractivity contribution is 7.92. The van der Waals surface area contributed by atoms with E-state index in [9.17, 15) is 8.42 Å². The Labute approximate surface area is 161 Å². The molecule has 3 aromatic rings. The van der Waals surface area contributed by atoms with Gasteiger partial charge in [-0.3, -0.25) is 9.40 Å². The number of sulfonamides is 1. The van der Waals surface area contributed by atoms with Gasteiger partial charge in [-0.1, -0.05) is 6.07 Å². The Hall–Kier alpha value is -2.72. The lowest BCUT2D eigenvalue weighted by molar-refractivity contribution is 0.325. The summed E-state index contributed by atoms with van der Waals surface area (Å²) in [5.74, 6) is 1.07. The van der Waals surface area contributed by atoms with Crippen LogP contribution in [0.2, 0.25) is 0 Å². The Bertz CT molecular complexity index is 1020. The molecule has 3 rings (SSSR count). The number of aryl methyl sites for hydroxylation is 1. The van der Waals surface area contributed by atoms with Crippen LogP contribution in [0, 0.1) is 0 Å². The van der Waals surface area contributed by atoms with E-state index in [1.165, 1.54) is 55.7 Å². The van der Waals surface area contributed by atoms with E-state index in [4.69, 9.17) is 14.2 Å². The normalized spacial score (nSPS) is 11.3. The summed E-state index contributed by atoms with van der Waals surface area (Å²) in [6.07, 6.45) is 1.47. The highest BCUT2D eigenvalue weighted by atomic mass is 32.2. The van der Waals surface area contributed by atoms with Crippen molar-refractivity contribution in [3.8, 4) is 27.8 Å². The van der Waals surface area contributed by atoms with Gasteiger partial charge in [0.1, 0.15) is 10.6 Å². The monoisotopic (exact) mass is 409 g/mol. The maximum absolute atomic E-state index is 13.0. The average Bonchev–Trinajstić information content (AvgIpc) is 3.30. The fourth-order valence-electron chi connectivity index (χ4n) is 2.60. The molecule has 0 aliphatic heterocycles. The van der Waals surface area contributed by atoms with E-state index < -0.39 is 10.0 Å². The number of thiophene rings is 1. The first-order valence-corrected chi connectivity index (χ1v) is 10.2. The lowest BCUT2D eigenvalue weighted by Gasteiger charge is -2.15. The second-order valence-corrected chi connectivity index (χ2v) is 8.11. The molecule has 0 aliphatic carbocycles. The van der Waals surface area contributed by atoms with Gasteiger partial charge in [0.2, 0.25) is 5.75 Å². The van der Waals surface area contributed by atoms with Crippen LogP contribution >= 0.6 is 11.3 Å². The molecule has 0 radical (unpaired) electrons. The van der Waals surface area contributed by atoms with E-state index in [1.807, 2.05) is 17.5 Å². The summed E-state index contributed by atoms with van der Waals surface area (Å²) >= 11 is 1.42. The van der Waals surface area contributed by atoms with Gasteiger partial charge in [-0.05, 0) is 11.4 Å². The van der Waals surface area contributed by atoms with Crippen molar-refractivity contribution in [2.24, 2.45) is 7.05 Å². The molecule has 1 N–H and O–H groups in total. The summed E-state index contributed by atoms with van der Waals surface area (Å²) in [6.45, 7) is 0. The Balaban J connectivity index is 2.04. The molecule has 0 fully saturated rings. The number of nitrogens with one attached hydrogen (secondary N) is 1. The van der Waals surface area contributed by atoms with Crippen molar-refractivity contribution in [3.05, 3.63) is 35.8 Å². The van der Waals surface area contributed by atoms with Gasteiger partial charge in [0, 0.05) is 25.4 Å². The van der Waals surface area contributed by atoms with Crippen LogP contribution < -0.4 is 18.9 Å². The molecule has 0 spiro atoms. The van der Waals surface area contributed by atoms with Crippen molar-refractivity contribution in [3.63, 3.8) is 0 Å². The number of aromatic nitrogens is 2. The molecule has 0 unspecified atom stereocenters. The second kappa shape index (κ2) is 7.49. The summed E-state index contributed by atoms with van der Waals surface area (Å²) in [5.41, 5.74) is 0.679. The van der Waals surface area contributed by atoms with E-state index in [-0.39, 0.29) is 10.6 Å². The summed E-state index contributed by atoms with van der Waals surface area (Å²) < 4.78 is 45.9.